The maximum Gasteiger partial charge on any atom is 0.0722 e. The fourth-order valence-electron chi connectivity index (χ4n) is 1.96. The van der Waals surface area contributed by atoms with Crippen molar-refractivity contribution in [3.63, 3.8) is 0 Å². The summed E-state index contributed by atoms with van der Waals surface area (Å²) in [4.78, 5) is 4.38. The van der Waals surface area contributed by atoms with Crippen LogP contribution in [0.1, 0.15) is 18.9 Å². The van der Waals surface area contributed by atoms with Crippen molar-refractivity contribution >= 4 is 16.6 Å². The van der Waals surface area contributed by atoms with E-state index in [1.165, 1.54) is 10.9 Å². The second-order valence-electron chi connectivity index (χ2n) is 4.36. The molecule has 1 aromatic carbocycles. The Balaban J connectivity index is 2.05. The minimum absolute atomic E-state index is 0.789. The van der Waals surface area contributed by atoms with Gasteiger partial charge in [-0.25, -0.2) is 0 Å². The molecule has 0 bridgehead atoms. The molecule has 3 heteroatoms. The Bertz CT molecular complexity index is 511. The summed E-state index contributed by atoms with van der Waals surface area (Å²) in [5.41, 5.74) is 3.45. The van der Waals surface area contributed by atoms with E-state index < -0.39 is 0 Å². The molecule has 0 aliphatic carbocycles. The SMILES string of the molecule is CCOCCCNc1ccnc2ccc(C)cc12. The number of hydrogen-bond acceptors (Lipinski definition) is 3. The normalized spacial score (nSPS) is 10.8. The summed E-state index contributed by atoms with van der Waals surface area (Å²) >= 11 is 0. The van der Waals surface area contributed by atoms with Gasteiger partial charge in [-0.2, -0.15) is 0 Å². The van der Waals surface area contributed by atoms with Crippen molar-refractivity contribution < 1.29 is 4.74 Å². The van der Waals surface area contributed by atoms with Crippen molar-refractivity contribution in [3.05, 3.63) is 36.0 Å². The van der Waals surface area contributed by atoms with E-state index in [4.69, 9.17) is 4.74 Å². The van der Waals surface area contributed by atoms with Gasteiger partial charge in [0.05, 0.1) is 5.52 Å². The highest BCUT2D eigenvalue weighted by molar-refractivity contribution is 5.91. The third-order valence-electron chi connectivity index (χ3n) is 2.88. The van der Waals surface area contributed by atoms with E-state index in [9.17, 15) is 0 Å². The number of aryl methyl sites for hydroxylation is 1. The Hall–Kier alpha value is -1.61. The molecular formula is C15H20N2O. The Labute approximate surface area is 108 Å². The first kappa shape index (κ1) is 12.8. The van der Waals surface area contributed by atoms with Crippen molar-refractivity contribution in [2.75, 3.05) is 25.1 Å². The van der Waals surface area contributed by atoms with Crippen molar-refractivity contribution in [1.29, 1.82) is 0 Å². The van der Waals surface area contributed by atoms with Gasteiger partial charge in [0.25, 0.3) is 0 Å². The lowest BCUT2D eigenvalue weighted by molar-refractivity contribution is 0.147. The first-order valence-electron chi connectivity index (χ1n) is 6.48. The average Bonchev–Trinajstić information content (AvgIpc) is 2.39. The zero-order valence-corrected chi connectivity index (χ0v) is 11.1. The summed E-state index contributed by atoms with van der Waals surface area (Å²) < 4.78 is 5.33. The van der Waals surface area contributed by atoms with Gasteiger partial charge < -0.3 is 10.1 Å². The molecule has 3 nitrogen and oxygen atoms in total. The maximum atomic E-state index is 5.33. The molecule has 0 amide bonds. The monoisotopic (exact) mass is 244 g/mol. The first-order valence-corrected chi connectivity index (χ1v) is 6.48. The lowest BCUT2D eigenvalue weighted by Gasteiger charge is -2.09. The van der Waals surface area contributed by atoms with E-state index in [-0.39, 0.29) is 0 Å². The predicted molar refractivity (Wildman–Crippen MR) is 76.1 cm³/mol. The highest BCUT2D eigenvalue weighted by Gasteiger charge is 2.01. The molecular weight excluding hydrogens is 224 g/mol. The number of ether oxygens (including phenoxy) is 1. The van der Waals surface area contributed by atoms with Crippen LogP contribution in [0.15, 0.2) is 30.5 Å². The molecule has 0 radical (unpaired) electrons. The van der Waals surface area contributed by atoms with E-state index in [2.05, 4.69) is 35.4 Å². The van der Waals surface area contributed by atoms with Crippen LogP contribution in [-0.4, -0.2) is 24.7 Å². The summed E-state index contributed by atoms with van der Waals surface area (Å²) in [6.45, 7) is 6.65. The summed E-state index contributed by atoms with van der Waals surface area (Å²) in [6.07, 6.45) is 2.87. The Morgan fingerprint density at radius 2 is 2.17 bits per heavy atom. The number of fused-ring (bicyclic) bond motifs is 1. The second-order valence-corrected chi connectivity index (χ2v) is 4.36. The van der Waals surface area contributed by atoms with Crippen molar-refractivity contribution in [1.82, 2.24) is 4.98 Å². The third-order valence-corrected chi connectivity index (χ3v) is 2.88. The van der Waals surface area contributed by atoms with Crippen molar-refractivity contribution in [2.45, 2.75) is 20.3 Å². The van der Waals surface area contributed by atoms with Crippen LogP contribution < -0.4 is 5.32 Å². The van der Waals surface area contributed by atoms with Crippen LogP contribution >= 0.6 is 0 Å². The number of pyridine rings is 1. The predicted octanol–water partition coefficient (Wildman–Crippen LogP) is 3.38. The van der Waals surface area contributed by atoms with Crippen LogP contribution in [0.25, 0.3) is 10.9 Å². The zero-order valence-electron chi connectivity index (χ0n) is 11.1. The molecule has 0 saturated carbocycles. The second kappa shape index (κ2) is 6.36. The average molecular weight is 244 g/mol. The maximum absolute atomic E-state index is 5.33. The van der Waals surface area contributed by atoms with Crippen molar-refractivity contribution in [2.24, 2.45) is 0 Å². The Kier molecular flexibility index (Phi) is 4.53. The summed E-state index contributed by atoms with van der Waals surface area (Å²) in [7, 11) is 0. The van der Waals surface area contributed by atoms with Gasteiger partial charge in [-0.15, -0.1) is 0 Å². The molecule has 0 aliphatic heterocycles. The zero-order chi connectivity index (χ0) is 12.8. The molecule has 2 aromatic rings. The molecule has 0 spiro atoms. The van der Waals surface area contributed by atoms with Gasteiger partial charge in [0.15, 0.2) is 0 Å². The van der Waals surface area contributed by atoms with Crippen LogP contribution in [0.5, 0.6) is 0 Å². The van der Waals surface area contributed by atoms with Crippen LogP contribution in [0.2, 0.25) is 0 Å². The van der Waals surface area contributed by atoms with Gasteiger partial charge in [0, 0.05) is 37.0 Å². The molecule has 96 valence electrons. The standard InChI is InChI=1S/C15H20N2O/c1-3-18-10-4-8-16-15-7-9-17-14-6-5-12(2)11-13(14)15/h5-7,9,11H,3-4,8,10H2,1-2H3,(H,16,17). The van der Waals surface area contributed by atoms with Gasteiger partial charge >= 0.3 is 0 Å². The van der Waals surface area contributed by atoms with Crippen LogP contribution in [-0.2, 0) is 4.74 Å². The number of anilines is 1. The summed E-state index contributed by atoms with van der Waals surface area (Å²) in [6, 6.07) is 8.36. The van der Waals surface area contributed by atoms with Gasteiger partial charge in [0.1, 0.15) is 0 Å². The number of aromatic nitrogens is 1. The highest BCUT2D eigenvalue weighted by Crippen LogP contribution is 2.22. The number of nitrogens with one attached hydrogen (secondary N) is 1. The quantitative estimate of drug-likeness (QED) is 0.791. The van der Waals surface area contributed by atoms with Crippen LogP contribution in [0.3, 0.4) is 0 Å². The molecule has 1 heterocycles. The van der Waals surface area contributed by atoms with E-state index in [1.807, 2.05) is 19.2 Å². The fourth-order valence-corrected chi connectivity index (χ4v) is 1.96. The van der Waals surface area contributed by atoms with E-state index in [1.54, 1.807) is 0 Å². The van der Waals surface area contributed by atoms with Crippen LogP contribution in [0, 0.1) is 6.92 Å². The van der Waals surface area contributed by atoms with Gasteiger partial charge in [-0.05, 0) is 38.5 Å². The summed E-state index contributed by atoms with van der Waals surface area (Å²) in [5.74, 6) is 0. The smallest absolute Gasteiger partial charge is 0.0722 e. The van der Waals surface area contributed by atoms with Crippen molar-refractivity contribution in [3.8, 4) is 0 Å². The fraction of sp³-hybridized carbons (Fsp3) is 0.400. The number of nitrogens with zero attached hydrogens (tertiary/aromatic N) is 1. The third kappa shape index (κ3) is 3.20. The summed E-state index contributed by atoms with van der Waals surface area (Å²) in [5, 5.41) is 4.64. The molecule has 0 aliphatic rings. The molecule has 1 N–H and O–H groups in total. The lowest BCUT2D eigenvalue weighted by atomic mass is 10.1. The van der Waals surface area contributed by atoms with E-state index in [0.29, 0.717) is 0 Å². The first-order chi connectivity index (χ1) is 8.81. The van der Waals surface area contributed by atoms with Gasteiger partial charge in [-0.3, -0.25) is 4.98 Å². The molecule has 0 fully saturated rings. The highest BCUT2D eigenvalue weighted by atomic mass is 16.5. The number of rotatable bonds is 6. The minimum Gasteiger partial charge on any atom is -0.384 e. The van der Waals surface area contributed by atoms with Crippen LogP contribution in [0.4, 0.5) is 5.69 Å². The number of benzene rings is 1. The number of hydrogen-bond donors (Lipinski definition) is 1. The molecule has 0 unspecified atom stereocenters. The Morgan fingerprint density at radius 3 is 3.00 bits per heavy atom. The molecule has 1 aromatic heterocycles. The molecule has 0 atom stereocenters. The molecule has 18 heavy (non-hydrogen) atoms. The minimum atomic E-state index is 0.789. The van der Waals surface area contributed by atoms with Gasteiger partial charge in [-0.1, -0.05) is 11.6 Å². The molecule has 0 saturated heterocycles. The molecule has 2 rings (SSSR count). The van der Waals surface area contributed by atoms with E-state index in [0.717, 1.165) is 37.4 Å². The Morgan fingerprint density at radius 1 is 1.28 bits per heavy atom. The lowest BCUT2D eigenvalue weighted by Crippen LogP contribution is -2.06. The van der Waals surface area contributed by atoms with E-state index >= 15 is 0 Å². The topological polar surface area (TPSA) is 34.1 Å². The van der Waals surface area contributed by atoms with Gasteiger partial charge in [0.2, 0.25) is 0 Å². The largest absolute Gasteiger partial charge is 0.384 e.